The maximum Gasteiger partial charge on any atom is 0.126 e. The molecule has 5 fully saturated rings. The minimum atomic E-state index is 0.623. The summed E-state index contributed by atoms with van der Waals surface area (Å²) in [6, 6.07) is 0. The molecule has 17 heavy (non-hydrogen) atoms. The first kappa shape index (κ1) is 9.21. The minimum Gasteiger partial charge on any atom is -0.493 e. The highest BCUT2D eigenvalue weighted by Gasteiger charge is 2.66. The van der Waals surface area contributed by atoms with Crippen molar-refractivity contribution in [2.45, 2.75) is 31.5 Å². The number of hydrogen-bond acceptors (Lipinski definition) is 2. The molecule has 6 rings (SSSR count). The van der Waals surface area contributed by atoms with Gasteiger partial charge in [0.2, 0.25) is 0 Å². The van der Waals surface area contributed by atoms with Gasteiger partial charge in [0.05, 0.1) is 18.8 Å². The van der Waals surface area contributed by atoms with E-state index in [2.05, 4.69) is 6.58 Å². The molecule has 2 saturated heterocycles. The highest BCUT2D eigenvalue weighted by atomic mass is 16.5. The van der Waals surface area contributed by atoms with Gasteiger partial charge in [0, 0.05) is 12.0 Å². The van der Waals surface area contributed by atoms with Crippen molar-refractivity contribution in [2.24, 2.45) is 29.6 Å². The van der Waals surface area contributed by atoms with Crippen LogP contribution in [0.15, 0.2) is 24.0 Å². The normalized spacial score (nSPS) is 56.6. The lowest BCUT2D eigenvalue weighted by molar-refractivity contribution is -0.0911. The molecule has 0 aromatic carbocycles. The largest absolute Gasteiger partial charge is 0.493 e. The van der Waals surface area contributed by atoms with E-state index in [9.17, 15) is 0 Å². The van der Waals surface area contributed by atoms with Crippen molar-refractivity contribution in [3.8, 4) is 0 Å². The molecule has 0 radical (unpaired) electrons. The summed E-state index contributed by atoms with van der Waals surface area (Å²) in [5, 5.41) is 0. The van der Waals surface area contributed by atoms with Gasteiger partial charge in [0.15, 0.2) is 0 Å². The molecule has 0 aromatic rings. The molecule has 2 aliphatic heterocycles. The molecule has 2 nitrogen and oxygen atoms in total. The van der Waals surface area contributed by atoms with E-state index in [1.54, 1.807) is 0 Å². The molecule has 0 N–H and O–H groups in total. The summed E-state index contributed by atoms with van der Waals surface area (Å²) in [4.78, 5) is 0. The Morgan fingerprint density at radius 3 is 2.76 bits per heavy atom. The smallest absolute Gasteiger partial charge is 0.126 e. The van der Waals surface area contributed by atoms with Crippen LogP contribution >= 0.6 is 0 Å². The zero-order valence-corrected chi connectivity index (χ0v) is 9.97. The standard InChI is InChI=1S/C15H18O2/c1-7-2-11(7)16-6-9-3-8-4-10(9)15-13-5-12(17-13)14(8)15/h2,8-10,12-15H,1,3-6H2. The molecule has 0 aromatic heterocycles. The molecular weight excluding hydrogens is 212 g/mol. The summed E-state index contributed by atoms with van der Waals surface area (Å²) < 4.78 is 11.8. The third-order valence-electron chi connectivity index (χ3n) is 5.93. The van der Waals surface area contributed by atoms with Gasteiger partial charge in [-0.25, -0.2) is 0 Å². The second kappa shape index (κ2) is 2.80. The first-order valence-corrected chi connectivity index (χ1v) is 7.00. The molecule has 2 heteroatoms. The Morgan fingerprint density at radius 2 is 2.00 bits per heavy atom. The molecule has 0 spiro atoms. The molecule has 7 atom stereocenters. The van der Waals surface area contributed by atoms with Crippen molar-refractivity contribution < 1.29 is 9.47 Å². The number of hydrogen-bond donors (Lipinski definition) is 0. The van der Waals surface area contributed by atoms with Gasteiger partial charge < -0.3 is 9.47 Å². The van der Waals surface area contributed by atoms with E-state index >= 15 is 0 Å². The van der Waals surface area contributed by atoms with E-state index in [-0.39, 0.29) is 0 Å². The highest BCUT2D eigenvalue weighted by Crippen LogP contribution is 2.66. The van der Waals surface area contributed by atoms with E-state index in [0.29, 0.717) is 12.2 Å². The quantitative estimate of drug-likeness (QED) is 0.741. The van der Waals surface area contributed by atoms with Gasteiger partial charge in [-0.15, -0.1) is 0 Å². The fourth-order valence-corrected chi connectivity index (χ4v) is 5.25. The number of fused-ring (bicyclic) bond motifs is 2. The van der Waals surface area contributed by atoms with Crippen LogP contribution < -0.4 is 0 Å². The maximum atomic E-state index is 5.93. The lowest BCUT2D eigenvalue weighted by Crippen LogP contribution is -2.32. The fraction of sp³-hybridized carbons (Fsp3) is 0.733. The second-order valence-corrected chi connectivity index (χ2v) is 6.60. The lowest BCUT2D eigenvalue weighted by Gasteiger charge is -2.30. The molecule has 2 heterocycles. The first-order chi connectivity index (χ1) is 8.31. The van der Waals surface area contributed by atoms with Gasteiger partial charge >= 0.3 is 0 Å². The third kappa shape index (κ3) is 1.06. The van der Waals surface area contributed by atoms with Crippen LogP contribution in [0.25, 0.3) is 0 Å². The molecule has 6 aliphatic rings. The van der Waals surface area contributed by atoms with Crippen molar-refractivity contribution in [3.05, 3.63) is 24.0 Å². The van der Waals surface area contributed by atoms with Crippen LogP contribution in [0.1, 0.15) is 19.3 Å². The van der Waals surface area contributed by atoms with Crippen LogP contribution in [0.3, 0.4) is 0 Å². The average molecular weight is 230 g/mol. The van der Waals surface area contributed by atoms with Crippen LogP contribution in [-0.2, 0) is 9.47 Å². The van der Waals surface area contributed by atoms with Crippen LogP contribution in [0.2, 0.25) is 0 Å². The van der Waals surface area contributed by atoms with Crippen molar-refractivity contribution >= 4 is 0 Å². The van der Waals surface area contributed by atoms with E-state index in [1.165, 1.54) is 19.3 Å². The van der Waals surface area contributed by atoms with Gasteiger partial charge in [0.25, 0.3) is 0 Å². The van der Waals surface area contributed by atoms with E-state index in [0.717, 1.165) is 47.5 Å². The van der Waals surface area contributed by atoms with E-state index in [1.807, 2.05) is 6.08 Å². The van der Waals surface area contributed by atoms with Crippen molar-refractivity contribution in [1.29, 1.82) is 0 Å². The monoisotopic (exact) mass is 230 g/mol. The first-order valence-electron chi connectivity index (χ1n) is 7.00. The Hall–Kier alpha value is -0.760. The van der Waals surface area contributed by atoms with Crippen molar-refractivity contribution in [1.82, 2.24) is 0 Å². The summed E-state index contributed by atoms with van der Waals surface area (Å²) in [7, 11) is 0. The van der Waals surface area contributed by atoms with Crippen LogP contribution in [0.5, 0.6) is 0 Å². The Balaban J connectivity index is 1.31. The lowest BCUT2D eigenvalue weighted by atomic mass is 9.76. The number of allylic oxidation sites excluding steroid dienone is 2. The number of ether oxygens (including phenoxy) is 2. The van der Waals surface area contributed by atoms with Gasteiger partial charge in [-0.2, -0.15) is 0 Å². The molecule has 4 aliphatic carbocycles. The maximum absolute atomic E-state index is 5.93. The van der Waals surface area contributed by atoms with E-state index < -0.39 is 0 Å². The Labute approximate surface area is 102 Å². The van der Waals surface area contributed by atoms with Gasteiger partial charge in [-0.3, -0.25) is 0 Å². The van der Waals surface area contributed by atoms with Crippen LogP contribution in [0, 0.1) is 29.6 Å². The average Bonchev–Trinajstić information content (AvgIpc) is 2.74. The second-order valence-electron chi connectivity index (χ2n) is 6.60. The predicted octanol–water partition coefficient (Wildman–Crippen LogP) is 2.52. The van der Waals surface area contributed by atoms with Crippen molar-refractivity contribution in [2.75, 3.05) is 6.61 Å². The molecule has 4 bridgehead atoms. The summed E-state index contributed by atoms with van der Waals surface area (Å²) in [5.41, 5.74) is 1.09. The SMILES string of the molecule is C=C1C=C1OCC1CC2CC1C1C3CC(O3)C21. The topological polar surface area (TPSA) is 18.5 Å². The summed E-state index contributed by atoms with van der Waals surface area (Å²) in [6.45, 7) is 4.80. The Bertz CT molecular complexity index is 432. The molecular formula is C15H18O2. The summed E-state index contributed by atoms with van der Waals surface area (Å²) in [5.74, 6) is 5.51. The number of rotatable bonds is 3. The fourth-order valence-electron chi connectivity index (χ4n) is 5.25. The molecule has 90 valence electrons. The third-order valence-corrected chi connectivity index (χ3v) is 5.93. The molecule has 0 amide bonds. The van der Waals surface area contributed by atoms with Crippen LogP contribution in [-0.4, -0.2) is 18.8 Å². The van der Waals surface area contributed by atoms with E-state index in [4.69, 9.17) is 9.47 Å². The Morgan fingerprint density at radius 1 is 1.24 bits per heavy atom. The predicted molar refractivity (Wildman–Crippen MR) is 63.1 cm³/mol. The Kier molecular flexibility index (Phi) is 1.51. The highest BCUT2D eigenvalue weighted by molar-refractivity contribution is 5.50. The van der Waals surface area contributed by atoms with Crippen molar-refractivity contribution in [3.63, 3.8) is 0 Å². The minimum absolute atomic E-state index is 0.623. The zero-order chi connectivity index (χ0) is 11.1. The van der Waals surface area contributed by atoms with Crippen LogP contribution in [0.4, 0.5) is 0 Å². The summed E-state index contributed by atoms with van der Waals surface area (Å²) >= 11 is 0. The molecule has 7 unspecified atom stereocenters. The molecule has 3 saturated carbocycles. The zero-order valence-electron chi connectivity index (χ0n) is 9.97. The summed E-state index contributed by atoms with van der Waals surface area (Å²) in [6.07, 6.45) is 7.51. The van der Waals surface area contributed by atoms with Gasteiger partial charge in [-0.1, -0.05) is 6.58 Å². The van der Waals surface area contributed by atoms with Gasteiger partial charge in [0.1, 0.15) is 5.76 Å². The van der Waals surface area contributed by atoms with Gasteiger partial charge in [-0.05, 0) is 48.5 Å².